The molecular formula is C24H26N6. The van der Waals surface area contributed by atoms with Crippen molar-refractivity contribution in [2.24, 2.45) is 10.7 Å². The number of hydrogen-bond donors (Lipinski definition) is 2. The minimum Gasteiger partial charge on any atom is -0.404 e. The summed E-state index contributed by atoms with van der Waals surface area (Å²) in [6.45, 7) is 6.00. The van der Waals surface area contributed by atoms with E-state index in [4.69, 9.17) is 5.73 Å². The molecule has 2 heterocycles. The topological polar surface area (TPSA) is 92.8 Å². The summed E-state index contributed by atoms with van der Waals surface area (Å²) in [4.78, 5) is 13.1. The number of nitrogens with zero attached hydrogens (tertiary/aromatic N) is 4. The van der Waals surface area contributed by atoms with E-state index < -0.39 is 0 Å². The van der Waals surface area contributed by atoms with E-state index in [-0.39, 0.29) is 0 Å². The molecule has 0 fully saturated rings. The van der Waals surface area contributed by atoms with Crippen LogP contribution in [0.25, 0.3) is 39.0 Å². The van der Waals surface area contributed by atoms with Gasteiger partial charge in [-0.05, 0) is 24.6 Å². The third kappa shape index (κ3) is 3.98. The predicted octanol–water partition coefficient (Wildman–Crippen LogP) is 5.02. The van der Waals surface area contributed by atoms with Crippen LogP contribution in [0.15, 0.2) is 66.1 Å². The van der Waals surface area contributed by atoms with Crippen molar-refractivity contribution in [3.8, 4) is 22.5 Å². The molecule has 0 radical (unpaired) electrons. The fraction of sp³-hybridized carbons (Fsp3) is 0.167. The van der Waals surface area contributed by atoms with Gasteiger partial charge in [-0.3, -0.25) is 10.1 Å². The van der Waals surface area contributed by atoms with Crippen LogP contribution in [0.4, 0.5) is 0 Å². The van der Waals surface area contributed by atoms with Gasteiger partial charge in [-0.15, -0.1) is 0 Å². The highest BCUT2D eigenvalue weighted by atomic mass is 15.1. The molecule has 0 aliphatic heterocycles. The van der Waals surface area contributed by atoms with Crippen molar-refractivity contribution in [3.05, 3.63) is 72.3 Å². The average Bonchev–Trinajstić information content (AvgIpc) is 3.19. The number of allylic oxidation sites excluding steroid dienone is 1. The summed E-state index contributed by atoms with van der Waals surface area (Å²) in [7, 11) is 1.72. The van der Waals surface area contributed by atoms with Gasteiger partial charge in [0.1, 0.15) is 12.0 Å². The molecule has 30 heavy (non-hydrogen) atoms. The van der Waals surface area contributed by atoms with Crippen LogP contribution in [-0.4, -0.2) is 33.4 Å². The van der Waals surface area contributed by atoms with Gasteiger partial charge in [-0.25, -0.2) is 9.97 Å². The summed E-state index contributed by atoms with van der Waals surface area (Å²) < 4.78 is 0. The lowest BCUT2D eigenvalue weighted by molar-refractivity contribution is 1.05. The standard InChI is InChI=1S/C22H20N6.C2H6/c1-14-20(21(28-27-14)15-6-4-3-5-7-15)22-18-9-8-16(17(11-23)12-24-2)10-19(18)25-13-26-22;1-2/h3-13H,23H2,1-2H3,(H,27,28);1-2H3/b17-11+,24-12?;. The van der Waals surface area contributed by atoms with Crippen molar-refractivity contribution in [2.45, 2.75) is 20.8 Å². The van der Waals surface area contributed by atoms with Crippen molar-refractivity contribution >= 4 is 22.7 Å². The van der Waals surface area contributed by atoms with E-state index in [1.54, 1.807) is 25.8 Å². The van der Waals surface area contributed by atoms with Crippen LogP contribution in [0.5, 0.6) is 0 Å². The molecule has 0 saturated carbocycles. The molecule has 6 heteroatoms. The Hall–Kier alpha value is -3.80. The largest absolute Gasteiger partial charge is 0.404 e. The summed E-state index contributed by atoms with van der Waals surface area (Å²) in [5, 5.41) is 8.58. The van der Waals surface area contributed by atoms with Gasteiger partial charge in [0.2, 0.25) is 0 Å². The normalized spacial score (nSPS) is 11.5. The third-order valence-electron chi connectivity index (χ3n) is 4.65. The van der Waals surface area contributed by atoms with E-state index >= 15 is 0 Å². The zero-order chi connectivity index (χ0) is 21.5. The fourth-order valence-electron chi connectivity index (χ4n) is 3.31. The maximum atomic E-state index is 5.75. The van der Waals surface area contributed by atoms with E-state index in [1.165, 1.54) is 0 Å². The second kappa shape index (κ2) is 9.60. The Morgan fingerprint density at radius 1 is 1.03 bits per heavy atom. The van der Waals surface area contributed by atoms with Crippen LogP contribution in [0.1, 0.15) is 25.1 Å². The van der Waals surface area contributed by atoms with Crippen molar-refractivity contribution in [3.63, 3.8) is 0 Å². The molecule has 4 rings (SSSR count). The molecule has 2 aromatic heterocycles. The third-order valence-corrected chi connectivity index (χ3v) is 4.65. The zero-order valence-corrected chi connectivity index (χ0v) is 17.7. The molecule has 0 aliphatic rings. The number of H-pyrrole nitrogens is 1. The fourth-order valence-corrected chi connectivity index (χ4v) is 3.31. The first-order chi connectivity index (χ1) is 14.7. The maximum absolute atomic E-state index is 5.75. The van der Waals surface area contributed by atoms with Gasteiger partial charge in [0, 0.05) is 47.2 Å². The van der Waals surface area contributed by atoms with Gasteiger partial charge in [0.05, 0.1) is 11.2 Å². The van der Waals surface area contributed by atoms with Gasteiger partial charge in [0.15, 0.2) is 0 Å². The molecule has 6 nitrogen and oxygen atoms in total. The van der Waals surface area contributed by atoms with Crippen molar-refractivity contribution in [1.82, 2.24) is 20.2 Å². The van der Waals surface area contributed by atoms with Gasteiger partial charge >= 0.3 is 0 Å². The van der Waals surface area contributed by atoms with Crippen LogP contribution in [0.2, 0.25) is 0 Å². The first-order valence-corrected chi connectivity index (χ1v) is 9.93. The minimum absolute atomic E-state index is 0.839. The zero-order valence-electron chi connectivity index (χ0n) is 17.7. The first-order valence-electron chi connectivity index (χ1n) is 9.93. The predicted molar refractivity (Wildman–Crippen MR) is 125 cm³/mol. The highest BCUT2D eigenvalue weighted by molar-refractivity contribution is 6.11. The lowest BCUT2D eigenvalue weighted by Crippen LogP contribution is -1.95. The Labute approximate surface area is 176 Å². The molecule has 152 valence electrons. The van der Waals surface area contributed by atoms with Crippen LogP contribution >= 0.6 is 0 Å². The van der Waals surface area contributed by atoms with Crippen LogP contribution < -0.4 is 5.73 Å². The second-order valence-electron chi connectivity index (χ2n) is 6.40. The Morgan fingerprint density at radius 2 is 1.80 bits per heavy atom. The average molecular weight is 399 g/mol. The smallest absolute Gasteiger partial charge is 0.116 e. The highest BCUT2D eigenvalue weighted by Gasteiger charge is 2.18. The van der Waals surface area contributed by atoms with Gasteiger partial charge in [0.25, 0.3) is 0 Å². The van der Waals surface area contributed by atoms with Crippen LogP contribution in [-0.2, 0) is 0 Å². The molecular weight excluding hydrogens is 372 g/mol. The summed E-state index contributed by atoms with van der Waals surface area (Å²) in [6, 6.07) is 16.1. The molecule has 0 atom stereocenters. The first kappa shape index (κ1) is 20.9. The van der Waals surface area contributed by atoms with Crippen molar-refractivity contribution in [1.29, 1.82) is 0 Å². The number of aromatic nitrogens is 4. The SMILES string of the molecule is CC.CN=C/C(=C\N)c1ccc2c(-c3c(-c4ccccc4)n[nH]c3C)ncnc2c1. The minimum atomic E-state index is 0.839. The van der Waals surface area contributed by atoms with Crippen LogP contribution in [0, 0.1) is 6.92 Å². The summed E-state index contributed by atoms with van der Waals surface area (Å²) in [6.07, 6.45) is 4.86. The number of aliphatic imine (C=N–C) groups is 1. The number of nitrogens with one attached hydrogen (secondary N) is 1. The summed E-state index contributed by atoms with van der Waals surface area (Å²) in [5.41, 5.74) is 13.1. The Morgan fingerprint density at radius 3 is 2.50 bits per heavy atom. The Balaban J connectivity index is 0.00000124. The number of rotatable bonds is 4. The van der Waals surface area contributed by atoms with E-state index in [1.807, 2.05) is 69.3 Å². The summed E-state index contributed by atoms with van der Waals surface area (Å²) >= 11 is 0. The van der Waals surface area contributed by atoms with Gasteiger partial charge in [-0.2, -0.15) is 5.10 Å². The number of hydrogen-bond acceptors (Lipinski definition) is 5. The molecule has 2 aromatic carbocycles. The van der Waals surface area contributed by atoms with E-state index in [2.05, 4.69) is 25.2 Å². The quantitative estimate of drug-likeness (QED) is 0.472. The van der Waals surface area contributed by atoms with Gasteiger partial charge in [-0.1, -0.05) is 50.2 Å². The molecule has 4 aromatic rings. The number of benzene rings is 2. The summed E-state index contributed by atoms with van der Waals surface area (Å²) in [5.74, 6) is 0. The lowest BCUT2D eigenvalue weighted by Gasteiger charge is -2.09. The van der Waals surface area contributed by atoms with Crippen molar-refractivity contribution < 1.29 is 0 Å². The molecule has 0 aliphatic carbocycles. The molecule has 0 saturated heterocycles. The molecule has 0 bridgehead atoms. The van der Waals surface area contributed by atoms with Crippen LogP contribution in [0.3, 0.4) is 0 Å². The Bertz CT molecular complexity index is 1190. The van der Waals surface area contributed by atoms with E-state index in [0.717, 1.165) is 50.2 Å². The molecule has 0 spiro atoms. The van der Waals surface area contributed by atoms with E-state index in [9.17, 15) is 0 Å². The molecule has 0 unspecified atom stereocenters. The lowest BCUT2D eigenvalue weighted by atomic mass is 9.98. The second-order valence-corrected chi connectivity index (χ2v) is 6.40. The molecule has 3 N–H and O–H groups in total. The highest BCUT2D eigenvalue weighted by Crippen LogP contribution is 2.35. The molecule has 0 amide bonds. The Kier molecular flexibility index (Phi) is 6.70. The maximum Gasteiger partial charge on any atom is 0.116 e. The van der Waals surface area contributed by atoms with Crippen molar-refractivity contribution in [2.75, 3.05) is 7.05 Å². The van der Waals surface area contributed by atoms with Gasteiger partial charge < -0.3 is 5.73 Å². The number of aryl methyl sites for hydroxylation is 1. The monoisotopic (exact) mass is 398 g/mol. The van der Waals surface area contributed by atoms with E-state index in [0.29, 0.717) is 0 Å². The number of aromatic amines is 1. The number of nitrogens with two attached hydrogens (primary N) is 1. The number of fused-ring (bicyclic) bond motifs is 1.